The van der Waals surface area contributed by atoms with Crippen molar-refractivity contribution in [3.8, 4) is 0 Å². The molecule has 0 saturated carbocycles. The van der Waals surface area contributed by atoms with Crippen molar-refractivity contribution in [2.45, 2.75) is 70.1 Å². The Morgan fingerprint density at radius 1 is 1.41 bits per heavy atom. The van der Waals surface area contributed by atoms with Gasteiger partial charge in [0.25, 0.3) is 0 Å². The number of rotatable bonds is 6. The summed E-state index contributed by atoms with van der Waals surface area (Å²) in [6, 6.07) is 1.78. The van der Waals surface area contributed by atoms with Crippen molar-refractivity contribution >= 4 is 18.6 Å². The molecule has 12 heteroatoms. The molecule has 162 valence electrons. The molecule has 1 aliphatic rings. The summed E-state index contributed by atoms with van der Waals surface area (Å²) in [5.41, 5.74) is -0.729. The minimum atomic E-state index is -4.30. The molecule has 0 radical (unpaired) electrons. The van der Waals surface area contributed by atoms with E-state index in [1.54, 1.807) is 6.07 Å². The van der Waals surface area contributed by atoms with Crippen LogP contribution in [0.1, 0.15) is 39.1 Å². The molecule has 6 atom stereocenters. The van der Waals surface area contributed by atoms with Gasteiger partial charge in [0, 0.05) is 23.7 Å². The molecule has 2 aromatic rings. The first-order valence-electron chi connectivity index (χ1n) is 9.12. The van der Waals surface area contributed by atoms with Crippen LogP contribution < -0.4 is 5.69 Å². The highest BCUT2D eigenvalue weighted by molar-refractivity contribution is 7.53. The molecule has 11 nitrogen and oxygen atoms in total. The maximum atomic E-state index is 12.4. The SMILES string of the molecule is Cc1cc2cn([C@@H]3O[C@H](CC(C)(C)OP(=O)(O)C(C)O)[C@@H](O)[C@H]3O)c(=O)nc2[nH]1. The fourth-order valence-corrected chi connectivity index (χ4v) is 4.34. The van der Waals surface area contributed by atoms with Crippen molar-refractivity contribution in [3.63, 3.8) is 0 Å². The molecule has 29 heavy (non-hydrogen) atoms. The topological polar surface area (TPSA) is 167 Å². The molecule has 0 aliphatic carbocycles. The molecule has 0 bridgehead atoms. The van der Waals surface area contributed by atoms with Crippen LogP contribution in [0.25, 0.3) is 11.0 Å². The highest BCUT2D eigenvalue weighted by Crippen LogP contribution is 2.51. The summed E-state index contributed by atoms with van der Waals surface area (Å²) in [5, 5.41) is 30.9. The van der Waals surface area contributed by atoms with Gasteiger partial charge < -0.3 is 34.5 Å². The number of aliphatic hydroxyl groups excluding tert-OH is 3. The molecule has 5 N–H and O–H groups in total. The van der Waals surface area contributed by atoms with Crippen LogP contribution >= 0.6 is 7.60 Å². The van der Waals surface area contributed by atoms with E-state index in [4.69, 9.17) is 9.26 Å². The normalized spacial score (nSPS) is 28.6. The average molecular weight is 431 g/mol. The second-order valence-corrected chi connectivity index (χ2v) is 10.0. The lowest BCUT2D eigenvalue weighted by Crippen LogP contribution is -2.38. The molecule has 3 rings (SSSR count). The summed E-state index contributed by atoms with van der Waals surface area (Å²) in [6.07, 6.45) is -3.58. The predicted molar refractivity (Wildman–Crippen MR) is 102 cm³/mol. The van der Waals surface area contributed by atoms with Gasteiger partial charge in [0.15, 0.2) is 12.1 Å². The third-order valence-corrected chi connectivity index (χ3v) is 6.52. The van der Waals surface area contributed by atoms with E-state index in [1.165, 1.54) is 20.0 Å². The quantitative estimate of drug-likeness (QED) is 0.406. The Morgan fingerprint density at radius 3 is 2.69 bits per heavy atom. The standard InChI is InChI=1S/C17H26N3O8P/c1-8-5-10-7-20(16(24)19-14(10)18-8)15-13(23)12(22)11(27-15)6-17(3,4)28-29(25,26)9(2)21/h5,7,9,11-13,15,21-23H,6H2,1-4H3,(H,25,26)(H,18,19,24)/t9?,11-,12-,13-,15-/m1/s1. The van der Waals surface area contributed by atoms with Crippen molar-refractivity contribution in [1.82, 2.24) is 14.5 Å². The largest absolute Gasteiger partial charge is 0.388 e. The summed E-state index contributed by atoms with van der Waals surface area (Å²) < 4.78 is 24.0. The first-order chi connectivity index (χ1) is 13.3. The van der Waals surface area contributed by atoms with Crippen molar-refractivity contribution in [1.29, 1.82) is 0 Å². The van der Waals surface area contributed by atoms with Gasteiger partial charge in [0.05, 0.1) is 11.7 Å². The summed E-state index contributed by atoms with van der Waals surface area (Å²) in [6.45, 7) is 5.94. The first kappa shape index (κ1) is 22.1. The van der Waals surface area contributed by atoms with Gasteiger partial charge in [0.2, 0.25) is 0 Å². The number of nitrogens with one attached hydrogen (secondary N) is 1. The van der Waals surface area contributed by atoms with Crippen molar-refractivity contribution in [2.24, 2.45) is 0 Å². The lowest BCUT2D eigenvalue weighted by Gasteiger charge is -2.31. The highest BCUT2D eigenvalue weighted by Gasteiger charge is 2.47. The summed E-state index contributed by atoms with van der Waals surface area (Å²) >= 11 is 0. The Bertz CT molecular complexity index is 1000. The van der Waals surface area contributed by atoms with Gasteiger partial charge in [-0.05, 0) is 33.8 Å². The third kappa shape index (κ3) is 4.46. The van der Waals surface area contributed by atoms with E-state index < -0.39 is 49.3 Å². The van der Waals surface area contributed by atoms with Crippen LogP contribution in [0.4, 0.5) is 0 Å². The lowest BCUT2D eigenvalue weighted by molar-refractivity contribution is -0.0643. The minimum absolute atomic E-state index is 0.0767. The maximum Gasteiger partial charge on any atom is 0.356 e. The number of aromatic nitrogens is 3. The molecule has 1 saturated heterocycles. The van der Waals surface area contributed by atoms with Gasteiger partial charge in [0.1, 0.15) is 17.9 Å². The second-order valence-electron chi connectivity index (χ2n) is 7.98. The molecule has 2 aromatic heterocycles. The van der Waals surface area contributed by atoms with E-state index in [0.29, 0.717) is 11.0 Å². The van der Waals surface area contributed by atoms with E-state index in [0.717, 1.165) is 17.2 Å². The number of aromatic amines is 1. The second kappa shape index (κ2) is 7.59. The van der Waals surface area contributed by atoms with Crippen molar-refractivity contribution < 1.29 is 34.0 Å². The van der Waals surface area contributed by atoms with Crippen LogP contribution in [0, 0.1) is 6.92 Å². The number of aryl methyl sites for hydroxylation is 1. The molecule has 1 fully saturated rings. The average Bonchev–Trinajstić information content (AvgIpc) is 3.06. The smallest absolute Gasteiger partial charge is 0.356 e. The van der Waals surface area contributed by atoms with E-state index >= 15 is 0 Å². The Labute approximate surface area is 166 Å². The summed E-state index contributed by atoms with van der Waals surface area (Å²) in [5.74, 6) is -1.59. The van der Waals surface area contributed by atoms with Crippen LogP contribution in [0.5, 0.6) is 0 Å². The third-order valence-electron chi connectivity index (χ3n) is 4.82. The minimum Gasteiger partial charge on any atom is -0.388 e. The monoisotopic (exact) mass is 431 g/mol. The Morgan fingerprint density at radius 2 is 2.07 bits per heavy atom. The van der Waals surface area contributed by atoms with Gasteiger partial charge in [-0.1, -0.05) is 0 Å². The summed E-state index contributed by atoms with van der Waals surface area (Å²) in [4.78, 5) is 29.0. The van der Waals surface area contributed by atoms with E-state index in [2.05, 4.69) is 9.97 Å². The molecule has 2 unspecified atom stereocenters. The van der Waals surface area contributed by atoms with E-state index in [-0.39, 0.29) is 6.42 Å². The molecule has 3 heterocycles. The van der Waals surface area contributed by atoms with Gasteiger partial charge in [-0.2, -0.15) is 4.98 Å². The van der Waals surface area contributed by atoms with Gasteiger partial charge >= 0.3 is 13.3 Å². The molecule has 1 aliphatic heterocycles. The zero-order valence-corrected chi connectivity index (χ0v) is 17.4. The number of H-pyrrole nitrogens is 1. The van der Waals surface area contributed by atoms with E-state index in [9.17, 15) is 29.6 Å². The van der Waals surface area contributed by atoms with Crippen LogP contribution in [-0.2, 0) is 13.8 Å². The zero-order valence-electron chi connectivity index (χ0n) is 16.5. The molecular weight excluding hydrogens is 405 g/mol. The maximum absolute atomic E-state index is 12.4. The number of hydrogen-bond donors (Lipinski definition) is 5. The summed E-state index contributed by atoms with van der Waals surface area (Å²) in [7, 11) is -4.30. The Balaban J connectivity index is 1.83. The van der Waals surface area contributed by atoms with Crippen LogP contribution in [0.15, 0.2) is 17.1 Å². The molecule has 0 aromatic carbocycles. The Kier molecular flexibility index (Phi) is 5.78. The van der Waals surface area contributed by atoms with Gasteiger partial charge in [-0.15, -0.1) is 0 Å². The predicted octanol–water partition coefficient (Wildman–Crippen LogP) is 0.361. The number of ether oxygens (including phenoxy) is 1. The van der Waals surface area contributed by atoms with Crippen molar-refractivity contribution in [2.75, 3.05) is 0 Å². The van der Waals surface area contributed by atoms with Gasteiger partial charge in [-0.3, -0.25) is 9.13 Å². The number of hydrogen-bond acceptors (Lipinski definition) is 8. The fraction of sp³-hybridized carbons (Fsp3) is 0.647. The fourth-order valence-electron chi connectivity index (χ4n) is 3.41. The number of fused-ring (bicyclic) bond motifs is 1. The molecule has 0 spiro atoms. The van der Waals surface area contributed by atoms with E-state index in [1.807, 2.05) is 6.92 Å². The number of nitrogens with zero attached hydrogens (tertiary/aromatic N) is 2. The Hall–Kier alpha value is -1.59. The van der Waals surface area contributed by atoms with Crippen LogP contribution in [0.2, 0.25) is 0 Å². The molecular formula is C17H26N3O8P. The van der Waals surface area contributed by atoms with Crippen LogP contribution in [-0.4, -0.2) is 64.5 Å². The van der Waals surface area contributed by atoms with Gasteiger partial charge in [-0.25, -0.2) is 4.79 Å². The zero-order chi connectivity index (χ0) is 21.7. The molecule has 0 amide bonds. The highest BCUT2D eigenvalue weighted by atomic mass is 31.2. The lowest BCUT2D eigenvalue weighted by atomic mass is 9.97. The first-order valence-corrected chi connectivity index (χ1v) is 10.8. The number of aliphatic hydroxyl groups is 3. The van der Waals surface area contributed by atoms with Crippen molar-refractivity contribution in [3.05, 3.63) is 28.4 Å². The van der Waals surface area contributed by atoms with Crippen LogP contribution in [0.3, 0.4) is 0 Å².